The molecule has 0 atom stereocenters. The molecule has 0 unspecified atom stereocenters. The molecule has 0 radical (unpaired) electrons. The molecule has 100 valence electrons. The normalized spacial score (nSPS) is 10.4. The van der Waals surface area contributed by atoms with E-state index in [0.29, 0.717) is 24.5 Å². The van der Waals surface area contributed by atoms with Crippen LogP contribution < -0.4 is 0 Å². The number of carbonyl (C=O) groups excluding carboxylic acids is 1. The second kappa shape index (κ2) is 5.56. The lowest BCUT2D eigenvalue weighted by Gasteiger charge is -2.16. The molecule has 0 spiro atoms. The maximum Gasteiger partial charge on any atom is 0.276 e. The average Bonchev–Trinajstić information content (AvgIpc) is 2.90. The largest absolute Gasteiger partial charge is 0.508 e. The first-order valence-electron chi connectivity index (χ1n) is 6.21. The summed E-state index contributed by atoms with van der Waals surface area (Å²) in [5.74, 6) is 0.553. The molecule has 0 aliphatic heterocycles. The Morgan fingerprint density at radius 2 is 1.89 bits per heavy atom. The van der Waals surface area contributed by atoms with Gasteiger partial charge in [0.2, 0.25) is 0 Å². The van der Waals surface area contributed by atoms with Crippen molar-refractivity contribution in [1.82, 2.24) is 10.1 Å². The first-order valence-corrected chi connectivity index (χ1v) is 6.21. The van der Waals surface area contributed by atoms with Crippen molar-refractivity contribution in [3.63, 3.8) is 0 Å². The van der Waals surface area contributed by atoms with Crippen LogP contribution in [0, 0.1) is 0 Å². The maximum absolute atomic E-state index is 12.1. The highest BCUT2D eigenvalue weighted by molar-refractivity contribution is 5.93. The zero-order valence-corrected chi connectivity index (χ0v) is 11.0. The van der Waals surface area contributed by atoms with Gasteiger partial charge in [-0.25, -0.2) is 0 Å². The third-order valence-electron chi connectivity index (χ3n) is 2.93. The highest BCUT2D eigenvalue weighted by Gasteiger charge is 2.17. The Morgan fingerprint density at radius 3 is 2.47 bits per heavy atom. The molecule has 5 nitrogen and oxygen atoms in total. The summed E-state index contributed by atoms with van der Waals surface area (Å²) in [6.45, 7) is 5.11. The fourth-order valence-electron chi connectivity index (χ4n) is 1.81. The first-order chi connectivity index (χ1) is 9.15. The summed E-state index contributed by atoms with van der Waals surface area (Å²) in [7, 11) is 0. The van der Waals surface area contributed by atoms with Gasteiger partial charge in [-0.05, 0) is 38.1 Å². The Bertz CT molecular complexity index is 556. The van der Waals surface area contributed by atoms with Gasteiger partial charge in [-0.3, -0.25) is 4.79 Å². The number of hydrogen-bond acceptors (Lipinski definition) is 4. The summed E-state index contributed by atoms with van der Waals surface area (Å²) in [6.07, 6.45) is 0. The lowest BCUT2D eigenvalue weighted by atomic mass is 10.1. The summed E-state index contributed by atoms with van der Waals surface area (Å²) in [5.41, 5.74) is 1.07. The predicted molar refractivity (Wildman–Crippen MR) is 70.9 cm³/mol. The minimum absolute atomic E-state index is 0.140. The fraction of sp³-hybridized carbons (Fsp3) is 0.286. The van der Waals surface area contributed by atoms with Gasteiger partial charge < -0.3 is 14.5 Å². The zero-order valence-electron chi connectivity index (χ0n) is 11.0. The van der Waals surface area contributed by atoms with Crippen LogP contribution >= 0.6 is 0 Å². The molecule has 5 heteroatoms. The average molecular weight is 260 g/mol. The molecule has 2 aromatic rings. The van der Waals surface area contributed by atoms with E-state index in [2.05, 4.69) is 5.16 Å². The van der Waals surface area contributed by atoms with E-state index in [1.54, 1.807) is 35.2 Å². The Hall–Kier alpha value is -2.30. The van der Waals surface area contributed by atoms with Gasteiger partial charge in [-0.15, -0.1) is 0 Å². The molecular weight excluding hydrogens is 244 g/mol. The molecule has 0 aliphatic carbocycles. The van der Waals surface area contributed by atoms with Crippen LogP contribution in [0.4, 0.5) is 0 Å². The van der Waals surface area contributed by atoms with Crippen LogP contribution in [0.5, 0.6) is 5.75 Å². The SMILES string of the molecule is CCN(CC)C(=O)c1cc(-c2ccc(O)cc2)on1. The van der Waals surface area contributed by atoms with Crippen molar-refractivity contribution in [2.45, 2.75) is 13.8 Å². The number of rotatable bonds is 4. The molecule has 2 rings (SSSR count). The molecule has 19 heavy (non-hydrogen) atoms. The summed E-state index contributed by atoms with van der Waals surface area (Å²) >= 11 is 0. The number of aromatic hydroxyl groups is 1. The number of hydrogen-bond donors (Lipinski definition) is 1. The van der Waals surface area contributed by atoms with Crippen LogP contribution in [-0.4, -0.2) is 34.2 Å². The standard InChI is InChI=1S/C14H16N2O3/c1-3-16(4-2)14(18)12-9-13(19-15-12)10-5-7-11(17)8-6-10/h5-9,17H,3-4H2,1-2H3. The lowest BCUT2D eigenvalue weighted by Crippen LogP contribution is -2.30. The topological polar surface area (TPSA) is 66.6 Å². The Balaban J connectivity index is 2.23. The minimum atomic E-state index is -0.140. The van der Waals surface area contributed by atoms with E-state index in [9.17, 15) is 9.90 Å². The van der Waals surface area contributed by atoms with Crippen LogP contribution in [0.25, 0.3) is 11.3 Å². The molecule has 1 heterocycles. The Morgan fingerprint density at radius 1 is 1.26 bits per heavy atom. The summed E-state index contributed by atoms with van der Waals surface area (Å²) in [6, 6.07) is 8.16. The summed E-state index contributed by atoms with van der Waals surface area (Å²) in [4.78, 5) is 13.7. The number of aromatic nitrogens is 1. The number of phenolic OH excluding ortho intramolecular Hbond substituents is 1. The number of nitrogens with zero attached hydrogens (tertiary/aromatic N) is 2. The molecule has 1 aromatic heterocycles. The van der Waals surface area contributed by atoms with Crippen LogP contribution in [0.15, 0.2) is 34.9 Å². The van der Waals surface area contributed by atoms with E-state index < -0.39 is 0 Å². The second-order valence-electron chi connectivity index (χ2n) is 4.10. The smallest absolute Gasteiger partial charge is 0.276 e. The van der Waals surface area contributed by atoms with Gasteiger partial charge in [0, 0.05) is 24.7 Å². The third kappa shape index (κ3) is 2.76. The molecule has 0 bridgehead atoms. The number of benzene rings is 1. The monoisotopic (exact) mass is 260 g/mol. The summed E-state index contributed by atoms with van der Waals surface area (Å²) in [5, 5.41) is 13.0. The van der Waals surface area contributed by atoms with Gasteiger partial charge in [0.1, 0.15) is 5.75 Å². The van der Waals surface area contributed by atoms with Crippen LogP contribution in [-0.2, 0) is 0 Å². The van der Waals surface area contributed by atoms with E-state index in [0.717, 1.165) is 5.56 Å². The number of amides is 1. The molecule has 0 fully saturated rings. The van der Waals surface area contributed by atoms with Gasteiger partial charge in [0.15, 0.2) is 11.5 Å². The number of phenols is 1. The van der Waals surface area contributed by atoms with Crippen molar-refractivity contribution in [2.24, 2.45) is 0 Å². The first kappa shape index (κ1) is 13.1. The molecule has 0 aliphatic rings. The molecule has 0 saturated carbocycles. The fourth-order valence-corrected chi connectivity index (χ4v) is 1.81. The Kier molecular flexibility index (Phi) is 3.85. The Labute approximate surface area is 111 Å². The zero-order chi connectivity index (χ0) is 13.8. The second-order valence-corrected chi connectivity index (χ2v) is 4.10. The number of carbonyl (C=O) groups is 1. The van der Waals surface area contributed by atoms with Gasteiger partial charge in [0.05, 0.1) is 0 Å². The van der Waals surface area contributed by atoms with Crippen molar-refractivity contribution < 1.29 is 14.4 Å². The van der Waals surface area contributed by atoms with Gasteiger partial charge in [0.25, 0.3) is 5.91 Å². The van der Waals surface area contributed by atoms with E-state index in [1.807, 2.05) is 13.8 Å². The van der Waals surface area contributed by atoms with Gasteiger partial charge in [-0.2, -0.15) is 0 Å². The molecule has 1 N–H and O–H groups in total. The third-order valence-corrected chi connectivity index (χ3v) is 2.93. The quantitative estimate of drug-likeness (QED) is 0.917. The van der Waals surface area contributed by atoms with Crippen LogP contribution in [0.1, 0.15) is 24.3 Å². The maximum atomic E-state index is 12.1. The summed E-state index contributed by atoms with van der Waals surface area (Å²) < 4.78 is 5.17. The van der Waals surface area contributed by atoms with E-state index in [-0.39, 0.29) is 11.7 Å². The van der Waals surface area contributed by atoms with Crippen LogP contribution in [0.3, 0.4) is 0 Å². The lowest BCUT2D eigenvalue weighted by molar-refractivity contribution is 0.0762. The van der Waals surface area contributed by atoms with Gasteiger partial charge in [-0.1, -0.05) is 5.16 Å². The predicted octanol–water partition coefficient (Wildman–Crippen LogP) is 2.53. The highest BCUT2D eigenvalue weighted by Crippen LogP contribution is 2.23. The van der Waals surface area contributed by atoms with Gasteiger partial charge >= 0.3 is 0 Å². The van der Waals surface area contributed by atoms with E-state index in [1.165, 1.54) is 0 Å². The van der Waals surface area contributed by atoms with Crippen molar-refractivity contribution in [3.8, 4) is 17.1 Å². The molecule has 1 aromatic carbocycles. The van der Waals surface area contributed by atoms with Crippen molar-refractivity contribution in [1.29, 1.82) is 0 Å². The van der Waals surface area contributed by atoms with Crippen molar-refractivity contribution in [3.05, 3.63) is 36.0 Å². The molecule has 1 amide bonds. The minimum Gasteiger partial charge on any atom is -0.508 e. The highest BCUT2D eigenvalue weighted by atomic mass is 16.5. The van der Waals surface area contributed by atoms with Crippen molar-refractivity contribution in [2.75, 3.05) is 13.1 Å². The molecular formula is C14H16N2O3. The van der Waals surface area contributed by atoms with Crippen LogP contribution in [0.2, 0.25) is 0 Å². The van der Waals surface area contributed by atoms with E-state index in [4.69, 9.17) is 4.52 Å². The van der Waals surface area contributed by atoms with E-state index >= 15 is 0 Å². The molecule has 0 saturated heterocycles. The van der Waals surface area contributed by atoms with Crippen molar-refractivity contribution >= 4 is 5.91 Å².